The van der Waals surface area contributed by atoms with Gasteiger partial charge in [-0.2, -0.15) is 12.6 Å². The molecular formula is C7H16O2SSi. The molecule has 0 bridgehead atoms. The van der Waals surface area contributed by atoms with E-state index < -0.39 is 8.56 Å². The van der Waals surface area contributed by atoms with E-state index in [2.05, 4.69) is 19.2 Å². The third-order valence-electron chi connectivity index (χ3n) is 1.89. The van der Waals surface area contributed by atoms with Crippen LogP contribution in [0.4, 0.5) is 0 Å². The predicted octanol–water partition coefficient (Wildman–Crippen LogP) is 1.82. The smallest absolute Gasteiger partial charge is 0.334 e. The minimum Gasteiger partial charge on any atom is -0.394 e. The monoisotopic (exact) mass is 192 g/mol. The lowest BCUT2D eigenvalue weighted by molar-refractivity contribution is 0.113. The lowest BCUT2D eigenvalue weighted by Crippen LogP contribution is -2.42. The second-order valence-corrected chi connectivity index (χ2v) is 6.80. The molecule has 0 radical (unpaired) electrons. The maximum absolute atomic E-state index is 5.65. The van der Waals surface area contributed by atoms with E-state index in [1.807, 2.05) is 0 Å². The second kappa shape index (κ2) is 4.50. The summed E-state index contributed by atoms with van der Waals surface area (Å²) in [5.74, 6) is 0.940. The lowest BCUT2D eigenvalue weighted by Gasteiger charge is -2.31. The summed E-state index contributed by atoms with van der Waals surface area (Å²) < 4.78 is 11.3. The first kappa shape index (κ1) is 9.57. The molecular weight excluding hydrogens is 176 g/mol. The van der Waals surface area contributed by atoms with Crippen molar-refractivity contribution in [2.45, 2.75) is 25.4 Å². The molecule has 1 saturated heterocycles. The van der Waals surface area contributed by atoms with Crippen LogP contribution in [0.25, 0.3) is 0 Å². The third kappa shape index (κ3) is 3.15. The summed E-state index contributed by atoms with van der Waals surface area (Å²) in [6.07, 6.45) is 2.18. The highest BCUT2D eigenvalue weighted by atomic mass is 32.1. The molecule has 1 aliphatic rings. The maximum atomic E-state index is 5.65. The molecule has 0 aromatic rings. The number of hydrogen-bond donors (Lipinski definition) is 1. The fourth-order valence-electron chi connectivity index (χ4n) is 1.22. The first-order valence-electron chi connectivity index (χ1n) is 4.16. The zero-order valence-electron chi connectivity index (χ0n) is 7.01. The summed E-state index contributed by atoms with van der Waals surface area (Å²) in [5.41, 5.74) is 0. The average molecular weight is 192 g/mol. The summed E-state index contributed by atoms with van der Waals surface area (Å²) in [6, 6.07) is 1.09. The Kier molecular flexibility index (Phi) is 3.91. The molecule has 0 atom stereocenters. The van der Waals surface area contributed by atoms with Crippen molar-refractivity contribution in [3.63, 3.8) is 0 Å². The molecule has 0 aromatic heterocycles. The molecule has 11 heavy (non-hydrogen) atoms. The van der Waals surface area contributed by atoms with Gasteiger partial charge >= 0.3 is 8.56 Å². The highest BCUT2D eigenvalue weighted by Crippen LogP contribution is 2.20. The molecule has 1 aliphatic heterocycles. The van der Waals surface area contributed by atoms with Crippen molar-refractivity contribution in [3.05, 3.63) is 0 Å². The summed E-state index contributed by atoms with van der Waals surface area (Å²) in [4.78, 5) is 0. The molecule has 0 amide bonds. The van der Waals surface area contributed by atoms with Crippen LogP contribution in [0.1, 0.15) is 12.8 Å². The van der Waals surface area contributed by atoms with Crippen LogP contribution in [-0.2, 0) is 8.85 Å². The van der Waals surface area contributed by atoms with Crippen LogP contribution < -0.4 is 0 Å². The van der Waals surface area contributed by atoms with E-state index in [9.17, 15) is 0 Å². The van der Waals surface area contributed by atoms with E-state index in [0.717, 1.165) is 37.9 Å². The van der Waals surface area contributed by atoms with Crippen LogP contribution >= 0.6 is 12.6 Å². The summed E-state index contributed by atoms with van der Waals surface area (Å²) in [5, 5.41) is 0. The van der Waals surface area contributed by atoms with E-state index >= 15 is 0 Å². The van der Waals surface area contributed by atoms with Crippen LogP contribution in [0.3, 0.4) is 0 Å². The van der Waals surface area contributed by atoms with Crippen molar-refractivity contribution in [3.8, 4) is 0 Å². The molecule has 0 saturated carbocycles. The number of rotatable bonds is 3. The summed E-state index contributed by atoms with van der Waals surface area (Å²) >= 11 is 4.17. The molecule has 0 N–H and O–H groups in total. The first-order valence-corrected chi connectivity index (χ1v) is 7.31. The normalized spacial score (nSPS) is 23.5. The summed E-state index contributed by atoms with van der Waals surface area (Å²) in [6.45, 7) is 3.94. The van der Waals surface area contributed by atoms with Crippen molar-refractivity contribution in [2.75, 3.05) is 19.0 Å². The van der Waals surface area contributed by atoms with Gasteiger partial charge < -0.3 is 8.85 Å². The van der Waals surface area contributed by atoms with Gasteiger partial charge in [0.05, 0.1) is 0 Å². The molecule has 2 nitrogen and oxygen atoms in total. The zero-order valence-corrected chi connectivity index (χ0v) is 8.90. The minimum absolute atomic E-state index is 0.898. The number of thiol groups is 1. The molecule has 0 spiro atoms. The van der Waals surface area contributed by atoms with Crippen LogP contribution in [0.2, 0.25) is 12.6 Å². The van der Waals surface area contributed by atoms with Gasteiger partial charge in [0, 0.05) is 13.2 Å². The van der Waals surface area contributed by atoms with Crippen LogP contribution in [0, 0.1) is 0 Å². The molecule has 4 heteroatoms. The van der Waals surface area contributed by atoms with Gasteiger partial charge in [0.2, 0.25) is 0 Å². The second-order valence-electron chi connectivity index (χ2n) is 3.01. The highest BCUT2D eigenvalue weighted by Gasteiger charge is 2.32. The molecule has 1 heterocycles. The van der Waals surface area contributed by atoms with Crippen LogP contribution in [-0.4, -0.2) is 27.5 Å². The van der Waals surface area contributed by atoms with E-state index in [-0.39, 0.29) is 0 Å². The lowest BCUT2D eigenvalue weighted by atomic mass is 10.5. The molecule has 66 valence electrons. The van der Waals surface area contributed by atoms with Gasteiger partial charge in [0.25, 0.3) is 0 Å². The predicted molar refractivity (Wildman–Crippen MR) is 51.4 cm³/mol. The Labute approximate surface area is 74.9 Å². The number of hydrogen-bond acceptors (Lipinski definition) is 3. The SMILES string of the molecule is C[Si]1(CCCS)OCCCO1. The third-order valence-corrected chi connectivity index (χ3v) is 5.10. The average Bonchev–Trinajstić information content (AvgIpc) is 2.03. The van der Waals surface area contributed by atoms with E-state index in [1.165, 1.54) is 0 Å². The fourth-order valence-corrected chi connectivity index (χ4v) is 4.02. The van der Waals surface area contributed by atoms with Gasteiger partial charge in [0.1, 0.15) is 0 Å². The Morgan fingerprint density at radius 2 is 2.00 bits per heavy atom. The molecule has 1 fully saturated rings. The van der Waals surface area contributed by atoms with Crippen molar-refractivity contribution in [1.29, 1.82) is 0 Å². The minimum atomic E-state index is -1.71. The standard InChI is InChI=1S/C7H16O2SSi/c1-11(7-3-6-10)8-4-2-5-9-11/h10H,2-7H2,1H3. The quantitative estimate of drug-likeness (QED) is 0.543. The van der Waals surface area contributed by atoms with Crippen molar-refractivity contribution in [2.24, 2.45) is 0 Å². The van der Waals surface area contributed by atoms with Crippen molar-refractivity contribution in [1.82, 2.24) is 0 Å². The molecule has 0 aliphatic carbocycles. The Hall–Kier alpha value is 0.487. The van der Waals surface area contributed by atoms with Gasteiger partial charge in [-0.25, -0.2) is 0 Å². The zero-order chi connectivity index (χ0) is 8.16. The Balaban J connectivity index is 2.25. The van der Waals surface area contributed by atoms with E-state index in [4.69, 9.17) is 8.85 Å². The van der Waals surface area contributed by atoms with Gasteiger partial charge in [0.15, 0.2) is 0 Å². The Morgan fingerprint density at radius 3 is 2.55 bits per heavy atom. The van der Waals surface area contributed by atoms with Crippen molar-refractivity contribution >= 4 is 21.2 Å². The topological polar surface area (TPSA) is 18.5 Å². The van der Waals surface area contributed by atoms with Gasteiger partial charge in [-0.1, -0.05) is 0 Å². The van der Waals surface area contributed by atoms with Crippen LogP contribution in [0.15, 0.2) is 0 Å². The first-order chi connectivity index (χ1) is 5.27. The molecule has 1 rings (SSSR count). The van der Waals surface area contributed by atoms with E-state index in [1.54, 1.807) is 0 Å². The van der Waals surface area contributed by atoms with Crippen LogP contribution in [0.5, 0.6) is 0 Å². The molecule has 0 aromatic carbocycles. The fraction of sp³-hybridized carbons (Fsp3) is 1.00. The largest absolute Gasteiger partial charge is 0.394 e. The van der Waals surface area contributed by atoms with Gasteiger partial charge in [-0.15, -0.1) is 0 Å². The van der Waals surface area contributed by atoms with E-state index in [0.29, 0.717) is 0 Å². The Morgan fingerprint density at radius 1 is 1.36 bits per heavy atom. The van der Waals surface area contributed by atoms with Gasteiger partial charge in [-0.3, -0.25) is 0 Å². The maximum Gasteiger partial charge on any atom is 0.334 e. The highest BCUT2D eigenvalue weighted by molar-refractivity contribution is 7.80. The molecule has 0 unspecified atom stereocenters. The Bertz CT molecular complexity index is 115. The summed E-state index contributed by atoms with van der Waals surface area (Å²) in [7, 11) is -1.71. The van der Waals surface area contributed by atoms with Gasteiger partial charge in [-0.05, 0) is 31.2 Å². The van der Waals surface area contributed by atoms with Crippen molar-refractivity contribution < 1.29 is 8.85 Å².